The highest BCUT2D eigenvalue weighted by atomic mass is 32.2. The minimum Gasteiger partial charge on any atom is -0.342 e. The van der Waals surface area contributed by atoms with E-state index in [0.717, 1.165) is 0 Å². The standard InChI is InChI=1S/C14H26N2O4S/c1-6-21(19,20)8-7-16-12(17)11(9-10(2)3)15-13(18)14(16,4)5/h10-11H,6-9H2,1-5H3,(H,15,18). The molecule has 1 fully saturated rings. The lowest BCUT2D eigenvalue weighted by Crippen LogP contribution is -2.69. The first-order valence-electron chi connectivity index (χ1n) is 7.34. The molecule has 0 spiro atoms. The fourth-order valence-electron chi connectivity index (χ4n) is 2.38. The Bertz CT molecular complexity index is 511. The summed E-state index contributed by atoms with van der Waals surface area (Å²) in [6.07, 6.45) is 0.553. The van der Waals surface area contributed by atoms with Crippen LogP contribution in [0.4, 0.5) is 0 Å². The van der Waals surface area contributed by atoms with E-state index in [1.807, 2.05) is 13.8 Å². The summed E-state index contributed by atoms with van der Waals surface area (Å²) in [7, 11) is -3.18. The summed E-state index contributed by atoms with van der Waals surface area (Å²) in [6, 6.07) is -0.560. The summed E-state index contributed by atoms with van der Waals surface area (Å²) in [6.45, 7) is 8.88. The smallest absolute Gasteiger partial charge is 0.246 e. The fraction of sp³-hybridized carbons (Fsp3) is 0.857. The minimum atomic E-state index is -3.18. The van der Waals surface area contributed by atoms with Crippen LogP contribution in [-0.2, 0) is 19.4 Å². The number of hydrogen-bond acceptors (Lipinski definition) is 4. The van der Waals surface area contributed by atoms with Crippen LogP contribution in [0.2, 0.25) is 0 Å². The van der Waals surface area contributed by atoms with E-state index >= 15 is 0 Å². The van der Waals surface area contributed by atoms with Crippen LogP contribution in [0, 0.1) is 5.92 Å². The molecule has 122 valence electrons. The van der Waals surface area contributed by atoms with Crippen LogP contribution < -0.4 is 5.32 Å². The van der Waals surface area contributed by atoms with Gasteiger partial charge in [0, 0.05) is 12.3 Å². The number of carbonyl (C=O) groups is 2. The van der Waals surface area contributed by atoms with Gasteiger partial charge in [-0.25, -0.2) is 8.42 Å². The molecule has 0 aromatic heterocycles. The van der Waals surface area contributed by atoms with E-state index in [-0.39, 0.29) is 35.8 Å². The molecular formula is C14H26N2O4S. The highest BCUT2D eigenvalue weighted by molar-refractivity contribution is 7.91. The van der Waals surface area contributed by atoms with Crippen molar-refractivity contribution in [2.24, 2.45) is 5.92 Å². The maximum Gasteiger partial charge on any atom is 0.246 e. The summed E-state index contributed by atoms with van der Waals surface area (Å²) in [5.41, 5.74) is -1.02. The van der Waals surface area contributed by atoms with Crippen LogP contribution in [-0.4, -0.2) is 54.8 Å². The molecule has 7 heteroatoms. The minimum absolute atomic E-state index is 0.0388. The number of nitrogens with zero attached hydrogens (tertiary/aromatic N) is 1. The summed E-state index contributed by atoms with van der Waals surface area (Å²) in [5.74, 6) is -0.236. The molecule has 0 radical (unpaired) electrons. The molecule has 1 heterocycles. The third-order valence-corrected chi connectivity index (χ3v) is 5.56. The molecule has 1 atom stereocenters. The van der Waals surface area contributed by atoms with Crippen molar-refractivity contribution in [2.75, 3.05) is 18.1 Å². The van der Waals surface area contributed by atoms with Gasteiger partial charge in [-0.2, -0.15) is 0 Å². The van der Waals surface area contributed by atoms with Crippen molar-refractivity contribution in [1.29, 1.82) is 0 Å². The molecule has 1 N–H and O–H groups in total. The zero-order chi connectivity index (χ0) is 16.4. The normalized spacial score (nSPS) is 22.6. The van der Waals surface area contributed by atoms with Crippen LogP contribution in [0.25, 0.3) is 0 Å². The second kappa shape index (κ2) is 6.34. The van der Waals surface area contributed by atoms with Crippen molar-refractivity contribution in [1.82, 2.24) is 10.2 Å². The first-order valence-corrected chi connectivity index (χ1v) is 9.16. The SMILES string of the molecule is CCS(=O)(=O)CCN1C(=O)C(CC(C)C)NC(=O)C1(C)C. The number of piperazine rings is 1. The topological polar surface area (TPSA) is 83.6 Å². The van der Waals surface area contributed by atoms with Crippen LogP contribution in [0.1, 0.15) is 41.0 Å². The lowest BCUT2D eigenvalue weighted by molar-refractivity contribution is -0.155. The second-order valence-corrected chi connectivity index (χ2v) is 8.91. The fourth-order valence-corrected chi connectivity index (χ4v) is 3.13. The molecular weight excluding hydrogens is 292 g/mol. The molecule has 1 aliphatic rings. The van der Waals surface area contributed by atoms with Crippen LogP contribution in [0.3, 0.4) is 0 Å². The average molecular weight is 318 g/mol. The molecule has 1 saturated heterocycles. The molecule has 1 aliphatic heterocycles. The molecule has 1 unspecified atom stereocenters. The van der Waals surface area contributed by atoms with Crippen LogP contribution >= 0.6 is 0 Å². The van der Waals surface area contributed by atoms with Gasteiger partial charge < -0.3 is 10.2 Å². The zero-order valence-electron chi connectivity index (χ0n) is 13.5. The maximum atomic E-state index is 12.5. The van der Waals surface area contributed by atoms with E-state index in [4.69, 9.17) is 0 Å². The Morgan fingerprint density at radius 3 is 2.33 bits per heavy atom. The molecule has 1 rings (SSSR count). The zero-order valence-corrected chi connectivity index (χ0v) is 14.3. The van der Waals surface area contributed by atoms with E-state index in [0.29, 0.717) is 6.42 Å². The van der Waals surface area contributed by atoms with Crippen molar-refractivity contribution in [2.45, 2.75) is 52.6 Å². The van der Waals surface area contributed by atoms with Gasteiger partial charge in [0.15, 0.2) is 9.84 Å². The monoisotopic (exact) mass is 318 g/mol. The Balaban J connectivity index is 2.94. The van der Waals surface area contributed by atoms with Crippen molar-refractivity contribution in [3.8, 4) is 0 Å². The van der Waals surface area contributed by atoms with Gasteiger partial charge in [-0.3, -0.25) is 9.59 Å². The molecule has 2 amide bonds. The summed E-state index contributed by atoms with van der Waals surface area (Å²) in [4.78, 5) is 26.2. The van der Waals surface area contributed by atoms with Gasteiger partial charge in [0.25, 0.3) is 0 Å². The van der Waals surface area contributed by atoms with Crippen LogP contribution in [0.15, 0.2) is 0 Å². The molecule has 0 saturated carbocycles. The van der Waals surface area contributed by atoms with E-state index < -0.39 is 21.4 Å². The van der Waals surface area contributed by atoms with Crippen molar-refractivity contribution in [3.63, 3.8) is 0 Å². The van der Waals surface area contributed by atoms with E-state index in [1.165, 1.54) is 4.90 Å². The van der Waals surface area contributed by atoms with Gasteiger partial charge in [0.2, 0.25) is 11.8 Å². The lowest BCUT2D eigenvalue weighted by atomic mass is 9.92. The van der Waals surface area contributed by atoms with Gasteiger partial charge in [-0.1, -0.05) is 20.8 Å². The highest BCUT2D eigenvalue weighted by Crippen LogP contribution is 2.23. The second-order valence-electron chi connectivity index (χ2n) is 6.44. The molecule has 0 aromatic carbocycles. The number of carbonyl (C=O) groups excluding carboxylic acids is 2. The average Bonchev–Trinajstić information content (AvgIpc) is 2.35. The van der Waals surface area contributed by atoms with E-state index in [2.05, 4.69) is 5.32 Å². The Morgan fingerprint density at radius 1 is 1.29 bits per heavy atom. The quantitative estimate of drug-likeness (QED) is 0.776. The van der Waals surface area contributed by atoms with Gasteiger partial charge >= 0.3 is 0 Å². The molecule has 6 nitrogen and oxygen atoms in total. The van der Waals surface area contributed by atoms with Crippen molar-refractivity contribution in [3.05, 3.63) is 0 Å². The van der Waals surface area contributed by atoms with Crippen molar-refractivity contribution >= 4 is 21.7 Å². The first kappa shape index (κ1) is 17.9. The predicted molar refractivity (Wildman–Crippen MR) is 81.5 cm³/mol. The predicted octanol–water partition coefficient (Wildman–Crippen LogP) is 0.573. The molecule has 0 bridgehead atoms. The maximum absolute atomic E-state index is 12.5. The highest BCUT2D eigenvalue weighted by Gasteiger charge is 2.46. The summed E-state index contributed by atoms with van der Waals surface area (Å²) in [5, 5.41) is 2.75. The van der Waals surface area contributed by atoms with Gasteiger partial charge in [-0.05, 0) is 26.2 Å². The van der Waals surface area contributed by atoms with Crippen LogP contribution in [0.5, 0.6) is 0 Å². The first-order chi connectivity index (χ1) is 9.51. The Hall–Kier alpha value is -1.11. The number of nitrogens with one attached hydrogen (secondary N) is 1. The number of hydrogen-bond donors (Lipinski definition) is 1. The summed E-state index contributed by atoms with van der Waals surface area (Å²) < 4.78 is 23.3. The third kappa shape index (κ3) is 4.18. The van der Waals surface area contributed by atoms with E-state index in [1.54, 1.807) is 20.8 Å². The van der Waals surface area contributed by atoms with Gasteiger partial charge in [0.05, 0.1) is 5.75 Å². The largest absolute Gasteiger partial charge is 0.342 e. The van der Waals surface area contributed by atoms with Gasteiger partial charge in [-0.15, -0.1) is 0 Å². The Morgan fingerprint density at radius 2 is 1.86 bits per heavy atom. The van der Waals surface area contributed by atoms with E-state index in [9.17, 15) is 18.0 Å². The lowest BCUT2D eigenvalue weighted by Gasteiger charge is -2.44. The molecule has 0 aliphatic carbocycles. The number of amides is 2. The molecule has 0 aromatic rings. The summed E-state index contributed by atoms with van der Waals surface area (Å²) >= 11 is 0. The number of rotatable bonds is 6. The molecule has 21 heavy (non-hydrogen) atoms. The van der Waals surface area contributed by atoms with Crippen molar-refractivity contribution < 1.29 is 18.0 Å². The Labute approximate surface area is 127 Å². The van der Waals surface area contributed by atoms with Gasteiger partial charge in [0.1, 0.15) is 11.6 Å². The Kier molecular flexibility index (Phi) is 5.41. The third-order valence-electron chi connectivity index (χ3n) is 3.87. The number of sulfone groups is 1.